The molecule has 0 saturated heterocycles. The molecule has 2 aromatic carbocycles. The second-order valence-electron chi connectivity index (χ2n) is 11.2. The van der Waals surface area contributed by atoms with Crippen LogP contribution >= 0.6 is 23.5 Å². The maximum Gasteiger partial charge on any atom is 0.309 e. The maximum atomic E-state index is 12.4. The van der Waals surface area contributed by atoms with E-state index in [1.165, 1.54) is 6.42 Å². The first-order valence-electron chi connectivity index (χ1n) is 13.8. The largest absolute Gasteiger partial charge is 0.488 e. The highest BCUT2D eigenvalue weighted by atomic mass is 35.5. The van der Waals surface area contributed by atoms with E-state index in [0.717, 1.165) is 47.6 Å². The van der Waals surface area contributed by atoms with Gasteiger partial charge in [0.05, 0.1) is 10.3 Å². The zero-order chi connectivity index (χ0) is 28.2. The highest BCUT2D eigenvalue weighted by Gasteiger charge is 2.38. The van der Waals surface area contributed by atoms with Gasteiger partial charge in [-0.3, -0.25) is 4.79 Å². The summed E-state index contributed by atoms with van der Waals surface area (Å²) in [7, 11) is 0. The van der Waals surface area contributed by atoms with E-state index in [9.17, 15) is 9.90 Å². The van der Waals surface area contributed by atoms with E-state index in [1.807, 2.05) is 36.5 Å². The lowest BCUT2D eigenvalue weighted by molar-refractivity contribution is -0.148. The molecule has 0 amide bonds. The molecule has 1 unspecified atom stereocenters. The molecule has 2 atom stereocenters. The van der Waals surface area contributed by atoms with Crippen molar-refractivity contribution in [3.8, 4) is 5.75 Å². The summed E-state index contributed by atoms with van der Waals surface area (Å²) in [5, 5.41) is 12.5. The van der Waals surface area contributed by atoms with Crippen molar-refractivity contribution >= 4 is 29.5 Å². The van der Waals surface area contributed by atoms with Crippen LogP contribution in [0.1, 0.15) is 76.3 Å². The Morgan fingerprint density at radius 2 is 2.05 bits per heavy atom. The molecule has 1 fully saturated rings. The second-order valence-corrected chi connectivity index (χ2v) is 12.8. The molecule has 0 bridgehead atoms. The number of aliphatic carboxylic acids is 1. The first-order valence-corrected chi connectivity index (χ1v) is 14.9. The predicted molar refractivity (Wildman–Crippen MR) is 158 cm³/mol. The third-order valence-electron chi connectivity index (χ3n) is 8.01. The number of fused-ring (bicyclic) bond motifs is 1. The van der Waals surface area contributed by atoms with Crippen molar-refractivity contribution < 1.29 is 14.6 Å². The zero-order valence-electron chi connectivity index (χ0n) is 23.1. The van der Waals surface area contributed by atoms with E-state index < -0.39 is 11.4 Å². The number of halogens is 1. The van der Waals surface area contributed by atoms with Gasteiger partial charge in [0, 0.05) is 36.1 Å². The number of benzene rings is 2. The first kappa shape index (κ1) is 29.6. The number of allylic oxidation sites excluding steroid dienone is 1. The molecular formula is C30H41ClN4O3S. The Morgan fingerprint density at radius 3 is 2.72 bits per heavy atom. The summed E-state index contributed by atoms with van der Waals surface area (Å²) in [4.78, 5) is 13.4. The molecule has 1 aliphatic carbocycles. The number of nitrogens with zero attached hydrogens (tertiary/aromatic N) is 2. The maximum absolute atomic E-state index is 12.4. The number of para-hydroxylation sites is 1. The van der Waals surface area contributed by atoms with Crippen molar-refractivity contribution in [2.45, 2.75) is 88.8 Å². The predicted octanol–water partition coefficient (Wildman–Crippen LogP) is 6.52. The quantitative estimate of drug-likeness (QED) is 0.159. The highest BCUT2D eigenvalue weighted by Crippen LogP contribution is 2.42. The Kier molecular flexibility index (Phi) is 9.75. The molecule has 2 aromatic rings. The fraction of sp³-hybridized carbons (Fsp3) is 0.500. The Morgan fingerprint density at radius 1 is 1.31 bits per heavy atom. The summed E-state index contributed by atoms with van der Waals surface area (Å²) in [6.07, 6.45) is 7.25. The van der Waals surface area contributed by atoms with Crippen LogP contribution in [0, 0.1) is 5.41 Å². The molecule has 1 aliphatic heterocycles. The van der Waals surface area contributed by atoms with Gasteiger partial charge in [-0.15, -0.1) is 0 Å². The summed E-state index contributed by atoms with van der Waals surface area (Å²) in [5.41, 5.74) is 7.91. The molecule has 0 aromatic heterocycles. The van der Waals surface area contributed by atoms with Crippen molar-refractivity contribution in [2.24, 2.45) is 17.0 Å². The van der Waals surface area contributed by atoms with Crippen molar-refractivity contribution in [3.05, 3.63) is 70.5 Å². The molecule has 4 rings (SSSR count). The number of hydrogen-bond acceptors (Lipinski definition) is 7. The topological polar surface area (TPSA) is 105 Å². The van der Waals surface area contributed by atoms with Gasteiger partial charge in [-0.25, -0.2) is 10.1 Å². The Labute approximate surface area is 241 Å². The van der Waals surface area contributed by atoms with Gasteiger partial charge in [0.15, 0.2) is 0 Å². The highest BCUT2D eigenvalue weighted by molar-refractivity contribution is 7.97. The molecule has 1 heterocycles. The van der Waals surface area contributed by atoms with E-state index in [2.05, 4.69) is 23.4 Å². The lowest BCUT2D eigenvalue weighted by atomic mass is 9.72. The van der Waals surface area contributed by atoms with Gasteiger partial charge in [0.2, 0.25) is 0 Å². The van der Waals surface area contributed by atoms with Crippen molar-refractivity contribution in [3.63, 3.8) is 0 Å². The van der Waals surface area contributed by atoms with Crippen LogP contribution in [-0.2, 0) is 11.3 Å². The molecular weight excluding hydrogens is 532 g/mol. The number of ether oxygens (including phenoxy) is 1. The summed E-state index contributed by atoms with van der Waals surface area (Å²) < 4.78 is 8.53. The molecule has 2 aliphatic rings. The lowest BCUT2D eigenvalue weighted by Crippen LogP contribution is -2.41. The number of rotatable bonds is 11. The number of carbonyl (C=O) groups is 1. The number of carboxylic acids is 1. The second kappa shape index (κ2) is 12.9. The molecule has 0 spiro atoms. The summed E-state index contributed by atoms with van der Waals surface area (Å²) in [6.45, 7) is 7.05. The van der Waals surface area contributed by atoms with Crippen LogP contribution in [0.25, 0.3) is 0 Å². The normalized spacial score (nSPS) is 19.4. The van der Waals surface area contributed by atoms with Crippen LogP contribution in [0.2, 0.25) is 5.02 Å². The van der Waals surface area contributed by atoms with Gasteiger partial charge in [-0.05, 0) is 99.6 Å². The SMILES string of the molecule is CC[C@@H]1CN(Cc2cc(C(CC/C(N)=C/N(N)C3CCC3)C(C)(C)C(=O)O)ccc2Cl)Sc2ccccc2O1. The number of nitrogens with two attached hydrogens (primary N) is 2. The van der Waals surface area contributed by atoms with E-state index in [-0.39, 0.29) is 12.0 Å². The molecule has 0 radical (unpaired) electrons. The minimum atomic E-state index is -1.00. The molecule has 9 heteroatoms. The van der Waals surface area contributed by atoms with Gasteiger partial charge in [0.1, 0.15) is 11.9 Å². The van der Waals surface area contributed by atoms with Crippen molar-refractivity contribution in [2.75, 3.05) is 6.54 Å². The third-order valence-corrected chi connectivity index (χ3v) is 9.45. The van der Waals surface area contributed by atoms with E-state index in [0.29, 0.717) is 36.1 Å². The van der Waals surface area contributed by atoms with Gasteiger partial charge >= 0.3 is 5.97 Å². The fourth-order valence-electron chi connectivity index (χ4n) is 5.13. The Balaban J connectivity index is 1.56. The molecule has 7 nitrogen and oxygen atoms in total. The van der Waals surface area contributed by atoms with Crippen LogP contribution in [0.3, 0.4) is 0 Å². The molecule has 39 heavy (non-hydrogen) atoms. The van der Waals surface area contributed by atoms with Crippen LogP contribution in [0.4, 0.5) is 0 Å². The Hall–Kier alpha value is -2.39. The number of hydrogen-bond donors (Lipinski definition) is 3. The van der Waals surface area contributed by atoms with Crippen LogP contribution in [0.15, 0.2) is 59.3 Å². The minimum absolute atomic E-state index is 0.0682. The monoisotopic (exact) mass is 572 g/mol. The number of hydrazine groups is 1. The fourth-order valence-corrected chi connectivity index (χ4v) is 6.37. The summed E-state index contributed by atoms with van der Waals surface area (Å²) >= 11 is 8.38. The molecule has 1 saturated carbocycles. The van der Waals surface area contributed by atoms with Crippen LogP contribution < -0.4 is 16.3 Å². The third kappa shape index (κ3) is 7.23. The average Bonchev–Trinajstić information content (AvgIpc) is 3.03. The van der Waals surface area contributed by atoms with Crippen molar-refractivity contribution in [1.29, 1.82) is 0 Å². The van der Waals surface area contributed by atoms with Gasteiger partial charge in [-0.1, -0.05) is 42.8 Å². The smallest absolute Gasteiger partial charge is 0.309 e. The van der Waals surface area contributed by atoms with Gasteiger partial charge < -0.3 is 20.6 Å². The van der Waals surface area contributed by atoms with E-state index in [1.54, 1.807) is 30.8 Å². The van der Waals surface area contributed by atoms with E-state index >= 15 is 0 Å². The Bertz CT molecular complexity index is 1190. The summed E-state index contributed by atoms with van der Waals surface area (Å²) in [6, 6.07) is 14.3. The van der Waals surface area contributed by atoms with Gasteiger partial charge in [-0.2, -0.15) is 0 Å². The average molecular weight is 573 g/mol. The van der Waals surface area contributed by atoms with Gasteiger partial charge in [0.25, 0.3) is 0 Å². The van der Waals surface area contributed by atoms with E-state index in [4.69, 9.17) is 27.9 Å². The standard InChI is InChI=1S/C30H41ClN4O3S/c1-4-24-19-34(39-28-11-6-5-10-27(28)38-24)17-21-16-20(12-15-26(21)31)25(30(2,3)29(36)37)14-13-22(32)18-35(33)23-8-7-9-23/h5-6,10-12,15-16,18,23-25H,4,7-9,13-14,17,19,32-33H2,1-3H3,(H,36,37)/b22-18-/t24-,25?/m1/s1. The van der Waals surface area contributed by atoms with Crippen LogP contribution in [0.5, 0.6) is 5.75 Å². The summed E-state index contributed by atoms with van der Waals surface area (Å²) in [5.74, 6) is 5.96. The minimum Gasteiger partial charge on any atom is -0.488 e. The zero-order valence-corrected chi connectivity index (χ0v) is 24.7. The first-order chi connectivity index (χ1) is 18.6. The molecule has 212 valence electrons. The van der Waals surface area contributed by atoms with Crippen molar-refractivity contribution in [1.82, 2.24) is 9.31 Å². The van der Waals surface area contributed by atoms with Crippen LogP contribution in [-0.4, -0.2) is 39.1 Å². The lowest BCUT2D eigenvalue weighted by Gasteiger charge is -2.34. The molecule has 5 N–H and O–H groups in total. The number of carboxylic acid groups (broad SMARTS) is 1.